The molecule has 5 nitrogen and oxygen atoms in total. The van der Waals surface area contributed by atoms with Crippen molar-refractivity contribution in [3.05, 3.63) is 57.8 Å². The molecule has 0 aliphatic heterocycles. The van der Waals surface area contributed by atoms with E-state index in [9.17, 15) is 4.79 Å². The smallest absolute Gasteiger partial charge is 0.270 e. The Morgan fingerprint density at radius 2 is 1.84 bits per heavy atom. The molecule has 0 unspecified atom stereocenters. The second-order valence-corrected chi connectivity index (χ2v) is 15.6. The van der Waals surface area contributed by atoms with E-state index < -0.39 is 8.32 Å². The fourth-order valence-electron chi connectivity index (χ4n) is 4.38. The van der Waals surface area contributed by atoms with Crippen LogP contribution >= 0.6 is 0 Å². The largest absolute Gasteiger partial charge is 0.529 e. The molecule has 1 fully saturated rings. The van der Waals surface area contributed by atoms with Crippen molar-refractivity contribution in [2.45, 2.75) is 83.8 Å². The number of para-hydroxylation sites is 1. The average molecular weight is 452 g/mol. The molecule has 4 rings (SSSR count). The van der Waals surface area contributed by atoms with Gasteiger partial charge in [-0.3, -0.25) is 4.79 Å². The fourth-order valence-corrected chi connectivity index (χ4v) is 5.34. The Morgan fingerprint density at radius 1 is 1.12 bits per heavy atom. The molecule has 0 amide bonds. The summed E-state index contributed by atoms with van der Waals surface area (Å²) >= 11 is 0. The Balaban J connectivity index is 1.70. The van der Waals surface area contributed by atoms with Gasteiger partial charge in [0.25, 0.3) is 13.9 Å². The summed E-state index contributed by atoms with van der Waals surface area (Å²) in [6.07, 6.45) is 9.63. The van der Waals surface area contributed by atoms with Crippen LogP contribution in [-0.2, 0) is 12.8 Å². The number of aromatic nitrogens is 3. The molecule has 0 bridgehead atoms. The van der Waals surface area contributed by atoms with Gasteiger partial charge in [0.15, 0.2) is 0 Å². The van der Waals surface area contributed by atoms with Crippen molar-refractivity contribution in [2.24, 2.45) is 5.92 Å². The molecule has 2 aromatic heterocycles. The molecule has 2 heterocycles. The Kier molecular flexibility index (Phi) is 6.34. The lowest BCUT2D eigenvalue weighted by atomic mass is 9.86. The number of benzene rings is 1. The first-order valence-electron chi connectivity index (χ1n) is 12.0. The number of nitrogens with zero attached hydrogens (tertiary/aromatic N) is 1. The van der Waals surface area contributed by atoms with E-state index in [1.165, 1.54) is 32.1 Å². The second kappa shape index (κ2) is 8.89. The van der Waals surface area contributed by atoms with E-state index >= 15 is 0 Å². The molecule has 6 heteroatoms. The van der Waals surface area contributed by atoms with Crippen molar-refractivity contribution in [1.82, 2.24) is 15.0 Å². The van der Waals surface area contributed by atoms with Gasteiger partial charge in [0.05, 0.1) is 5.69 Å². The molecule has 172 valence electrons. The van der Waals surface area contributed by atoms with Crippen molar-refractivity contribution >= 4 is 19.2 Å². The summed E-state index contributed by atoms with van der Waals surface area (Å²) in [7, 11) is -2.10. The minimum Gasteiger partial charge on any atom is -0.529 e. The number of aromatic amines is 2. The van der Waals surface area contributed by atoms with Gasteiger partial charge in [0, 0.05) is 23.5 Å². The van der Waals surface area contributed by atoms with E-state index in [1.54, 1.807) is 0 Å². The summed E-state index contributed by atoms with van der Waals surface area (Å²) in [5.41, 5.74) is 3.47. The van der Waals surface area contributed by atoms with E-state index in [4.69, 9.17) is 9.41 Å². The van der Waals surface area contributed by atoms with Crippen LogP contribution in [0.2, 0.25) is 18.1 Å². The molecule has 1 aromatic carbocycles. The van der Waals surface area contributed by atoms with Crippen LogP contribution in [0.15, 0.2) is 35.3 Å². The lowest BCUT2D eigenvalue weighted by molar-refractivity contribution is 0.348. The molecule has 1 saturated carbocycles. The second-order valence-electron chi connectivity index (χ2n) is 10.9. The Bertz CT molecular complexity index is 1130. The van der Waals surface area contributed by atoms with Gasteiger partial charge < -0.3 is 14.4 Å². The van der Waals surface area contributed by atoms with Crippen molar-refractivity contribution in [3.63, 3.8) is 0 Å². The van der Waals surface area contributed by atoms with Gasteiger partial charge >= 0.3 is 0 Å². The van der Waals surface area contributed by atoms with Gasteiger partial charge in [-0.2, -0.15) is 0 Å². The molecule has 1 aliphatic rings. The van der Waals surface area contributed by atoms with Crippen LogP contribution in [0.25, 0.3) is 10.9 Å². The van der Waals surface area contributed by atoms with Gasteiger partial charge in [-0.1, -0.05) is 71.1 Å². The summed E-state index contributed by atoms with van der Waals surface area (Å²) in [4.78, 5) is 24.5. The lowest BCUT2D eigenvalue weighted by Crippen LogP contribution is -2.44. The van der Waals surface area contributed by atoms with Crippen molar-refractivity contribution in [2.75, 3.05) is 0 Å². The van der Waals surface area contributed by atoms with Crippen LogP contribution < -0.4 is 9.99 Å². The van der Waals surface area contributed by atoms with Crippen molar-refractivity contribution < 1.29 is 4.43 Å². The maximum Gasteiger partial charge on any atom is 0.270 e. The number of hydrogen-bond acceptors (Lipinski definition) is 3. The van der Waals surface area contributed by atoms with E-state index in [0.717, 1.165) is 28.6 Å². The molecule has 3 aromatic rings. The van der Waals surface area contributed by atoms with Crippen molar-refractivity contribution in [1.29, 1.82) is 0 Å². The van der Waals surface area contributed by atoms with Gasteiger partial charge in [0.1, 0.15) is 5.69 Å². The molecule has 1 aliphatic carbocycles. The highest BCUT2D eigenvalue weighted by molar-refractivity contribution is 6.74. The van der Waals surface area contributed by atoms with Gasteiger partial charge in [-0.25, -0.2) is 4.98 Å². The summed E-state index contributed by atoms with van der Waals surface area (Å²) in [5, 5.41) is 1.19. The predicted octanol–water partition coefficient (Wildman–Crippen LogP) is 6.35. The molecule has 0 atom stereocenters. The van der Waals surface area contributed by atoms with E-state index in [0.29, 0.717) is 23.9 Å². The van der Waals surface area contributed by atoms with E-state index in [-0.39, 0.29) is 10.6 Å². The number of nitrogens with one attached hydrogen (secondary N) is 2. The molecule has 32 heavy (non-hydrogen) atoms. The third-order valence-corrected chi connectivity index (χ3v) is 11.7. The Labute approximate surface area is 192 Å². The maximum atomic E-state index is 13.1. The highest BCUT2D eigenvalue weighted by atomic mass is 28.4. The molecule has 0 radical (unpaired) electrons. The quantitative estimate of drug-likeness (QED) is 0.429. The van der Waals surface area contributed by atoms with Gasteiger partial charge in [-0.05, 0) is 42.1 Å². The van der Waals surface area contributed by atoms with Crippen LogP contribution in [0.1, 0.15) is 69.8 Å². The number of H-pyrrole nitrogens is 2. The minimum absolute atomic E-state index is 0.0595. The molecular formula is C26H37N3O2Si. The first-order valence-corrected chi connectivity index (χ1v) is 14.9. The molecular weight excluding hydrogens is 414 g/mol. The zero-order chi connectivity index (χ0) is 22.9. The van der Waals surface area contributed by atoms with Crippen LogP contribution in [0.5, 0.6) is 5.88 Å². The normalized spacial score (nSPS) is 15.9. The van der Waals surface area contributed by atoms with Gasteiger partial charge in [-0.15, -0.1) is 0 Å². The first kappa shape index (κ1) is 22.8. The SMILES string of the molecule is CC(C)(C)[Si](C)(C)Oc1nc(Cc2c[nH]c3ccccc23)c(=O)[nH]c1CC1CCCCC1. The van der Waals surface area contributed by atoms with E-state index in [2.05, 4.69) is 56.0 Å². The third kappa shape index (κ3) is 4.85. The Hall–Kier alpha value is -2.34. The number of fused-ring (bicyclic) bond motifs is 1. The summed E-state index contributed by atoms with van der Waals surface area (Å²) in [5.74, 6) is 1.25. The molecule has 2 N–H and O–H groups in total. The maximum absolute atomic E-state index is 13.1. The summed E-state index contributed by atoms with van der Waals surface area (Å²) < 4.78 is 6.69. The third-order valence-electron chi connectivity index (χ3n) is 7.43. The Morgan fingerprint density at radius 3 is 2.56 bits per heavy atom. The average Bonchev–Trinajstić information content (AvgIpc) is 3.14. The van der Waals surface area contributed by atoms with Gasteiger partial charge in [0.2, 0.25) is 5.88 Å². The van der Waals surface area contributed by atoms with E-state index in [1.807, 2.05) is 18.3 Å². The lowest BCUT2D eigenvalue weighted by Gasteiger charge is -2.36. The topological polar surface area (TPSA) is 70.8 Å². The summed E-state index contributed by atoms with van der Waals surface area (Å²) in [6, 6.07) is 8.17. The number of hydrogen-bond donors (Lipinski definition) is 2. The van der Waals surface area contributed by atoms with Crippen LogP contribution in [0, 0.1) is 5.92 Å². The molecule has 0 saturated heterocycles. The highest BCUT2D eigenvalue weighted by Gasteiger charge is 2.40. The monoisotopic (exact) mass is 451 g/mol. The highest BCUT2D eigenvalue weighted by Crippen LogP contribution is 2.38. The van der Waals surface area contributed by atoms with Crippen molar-refractivity contribution in [3.8, 4) is 5.88 Å². The summed E-state index contributed by atoms with van der Waals surface area (Å²) in [6.45, 7) is 11.2. The minimum atomic E-state index is -2.10. The zero-order valence-electron chi connectivity index (χ0n) is 20.2. The zero-order valence-corrected chi connectivity index (χ0v) is 21.2. The predicted molar refractivity (Wildman–Crippen MR) is 134 cm³/mol. The van der Waals surface area contributed by atoms with Crippen LogP contribution in [0.4, 0.5) is 0 Å². The van der Waals surface area contributed by atoms with Crippen LogP contribution in [0.3, 0.4) is 0 Å². The first-order chi connectivity index (χ1) is 15.1. The molecule has 0 spiro atoms. The fraction of sp³-hybridized carbons (Fsp3) is 0.538. The standard InChI is InChI=1S/C26H37N3O2Si/c1-26(2,3)32(4,5)31-25-23(15-18-11-7-6-8-12-18)28-24(30)22(29-25)16-19-17-27-21-14-10-9-13-20(19)21/h9-10,13-14,17-18,27H,6-8,11-12,15-16H2,1-5H3,(H,28,30). The van der Waals surface area contributed by atoms with Crippen LogP contribution in [-0.4, -0.2) is 23.3 Å². The number of rotatable bonds is 6.